The van der Waals surface area contributed by atoms with E-state index in [9.17, 15) is 0 Å². The van der Waals surface area contributed by atoms with Gasteiger partial charge >= 0.3 is 0 Å². The molecule has 156 valence electrons. The number of fused-ring (bicyclic) bond motifs is 4. The van der Waals surface area contributed by atoms with E-state index in [-0.39, 0.29) is 24.2 Å². The minimum atomic E-state index is 0.236. The Morgan fingerprint density at radius 3 is 0.964 bits per heavy atom. The fraction of sp³-hybridized carbons (Fsp3) is 0.583. The van der Waals surface area contributed by atoms with E-state index < -0.39 is 0 Å². The van der Waals surface area contributed by atoms with Crippen LogP contribution in [0.25, 0.3) is 0 Å². The van der Waals surface area contributed by atoms with Gasteiger partial charge in [-0.05, 0) is 66.1 Å². The van der Waals surface area contributed by atoms with Crippen molar-refractivity contribution in [2.24, 2.45) is 0 Å². The minimum absolute atomic E-state index is 0.236. The van der Waals surface area contributed by atoms with Crippen LogP contribution in [0.1, 0.15) is 102 Å². The van der Waals surface area contributed by atoms with Crippen LogP contribution in [0, 0.1) is 0 Å². The quantitative estimate of drug-likeness (QED) is 0.530. The van der Waals surface area contributed by atoms with E-state index in [4.69, 9.17) is 9.97 Å². The minimum Gasteiger partial charge on any atom is -0.290 e. The summed E-state index contributed by atoms with van der Waals surface area (Å²) in [5.74, 6) is 0. The van der Waals surface area contributed by atoms with Crippen LogP contribution >= 0.6 is 0 Å². The topological polar surface area (TPSA) is 32.3 Å². The molecule has 0 aromatic carbocycles. The molecular formula is C24H40N4. The third-order valence-electron chi connectivity index (χ3n) is 5.74. The molecule has 0 radical (unpaired) electrons. The molecule has 4 heteroatoms. The second kappa shape index (κ2) is 11.3. The van der Waals surface area contributed by atoms with Gasteiger partial charge in [0.15, 0.2) is 0 Å². The lowest BCUT2D eigenvalue weighted by atomic mass is 10.0. The Labute approximate surface area is 173 Å². The largest absolute Gasteiger partial charge is 0.290 e. The predicted octanol–water partition coefficient (Wildman–Crippen LogP) is 6.35. The van der Waals surface area contributed by atoms with Gasteiger partial charge in [-0.25, -0.2) is 0 Å². The van der Waals surface area contributed by atoms with E-state index in [1.165, 1.54) is 0 Å². The van der Waals surface area contributed by atoms with Crippen LogP contribution in [-0.2, 0) is 0 Å². The van der Waals surface area contributed by atoms with Crippen molar-refractivity contribution < 1.29 is 0 Å². The standard InChI is InChI=1S/C20H28N4.2C2H6/c1-13-17-9-7-10-19(21-17)15(3)24(6)16(4)20-12-8-11-18(22-20)14(2)23(13)5;2*1-2/h7-16H,1-6H3;2*1-2H3. The van der Waals surface area contributed by atoms with Crippen LogP contribution in [0.2, 0.25) is 0 Å². The number of pyridine rings is 2. The lowest BCUT2D eigenvalue weighted by Gasteiger charge is -2.34. The molecule has 2 aromatic rings. The third kappa shape index (κ3) is 5.18. The summed E-state index contributed by atoms with van der Waals surface area (Å²) in [7, 11) is 4.31. The van der Waals surface area contributed by atoms with Crippen molar-refractivity contribution in [3.63, 3.8) is 0 Å². The van der Waals surface area contributed by atoms with E-state index in [1.54, 1.807) is 0 Å². The molecule has 0 saturated carbocycles. The SMILES string of the molecule is CC.CC.CC1c2cccc(n2)C(C)N(C)C(C)c2cccc(n2)C(C)N1C. The van der Waals surface area contributed by atoms with Crippen LogP contribution in [-0.4, -0.2) is 33.9 Å². The van der Waals surface area contributed by atoms with Crippen LogP contribution < -0.4 is 0 Å². The van der Waals surface area contributed by atoms with Gasteiger partial charge in [0.1, 0.15) is 0 Å². The van der Waals surface area contributed by atoms with Gasteiger partial charge in [-0.15, -0.1) is 0 Å². The van der Waals surface area contributed by atoms with Crippen LogP contribution in [0.5, 0.6) is 0 Å². The molecule has 4 atom stereocenters. The lowest BCUT2D eigenvalue weighted by Crippen LogP contribution is -2.31. The van der Waals surface area contributed by atoms with Crippen LogP contribution in [0.4, 0.5) is 0 Å². The maximum absolute atomic E-state index is 4.97. The summed E-state index contributed by atoms with van der Waals surface area (Å²) < 4.78 is 0. The Morgan fingerprint density at radius 2 is 0.750 bits per heavy atom. The lowest BCUT2D eigenvalue weighted by molar-refractivity contribution is 0.176. The van der Waals surface area contributed by atoms with E-state index in [2.05, 4.69) is 88.0 Å². The van der Waals surface area contributed by atoms with Gasteiger partial charge in [-0.1, -0.05) is 39.8 Å². The average molecular weight is 385 g/mol. The van der Waals surface area contributed by atoms with Crippen molar-refractivity contribution in [1.29, 1.82) is 0 Å². The maximum Gasteiger partial charge on any atom is 0.0576 e. The molecule has 2 aromatic heterocycles. The third-order valence-corrected chi connectivity index (χ3v) is 5.74. The zero-order valence-electron chi connectivity index (χ0n) is 19.6. The Balaban J connectivity index is 0.000000921. The van der Waals surface area contributed by atoms with Crippen molar-refractivity contribution in [1.82, 2.24) is 19.8 Å². The number of aromatic nitrogens is 2. The normalized spacial score (nSPS) is 25.2. The molecule has 0 saturated heterocycles. The highest BCUT2D eigenvalue weighted by atomic mass is 15.2. The molecule has 0 N–H and O–H groups in total. The van der Waals surface area contributed by atoms with Crippen molar-refractivity contribution in [3.8, 4) is 0 Å². The van der Waals surface area contributed by atoms with Gasteiger partial charge in [0.2, 0.25) is 0 Å². The molecule has 0 spiro atoms. The summed E-state index contributed by atoms with van der Waals surface area (Å²) in [6, 6.07) is 13.7. The first-order valence-electron chi connectivity index (χ1n) is 10.8. The van der Waals surface area contributed by atoms with Crippen molar-refractivity contribution in [2.45, 2.75) is 79.6 Å². The molecule has 28 heavy (non-hydrogen) atoms. The van der Waals surface area contributed by atoms with E-state index >= 15 is 0 Å². The molecular weight excluding hydrogens is 344 g/mol. The monoisotopic (exact) mass is 384 g/mol. The molecule has 4 bridgehead atoms. The number of rotatable bonds is 0. The Bertz CT molecular complexity index is 603. The van der Waals surface area contributed by atoms with Gasteiger partial charge < -0.3 is 0 Å². The molecule has 0 aliphatic carbocycles. The molecule has 0 amide bonds. The van der Waals surface area contributed by atoms with Gasteiger partial charge in [-0.3, -0.25) is 19.8 Å². The highest BCUT2D eigenvalue weighted by Crippen LogP contribution is 2.32. The van der Waals surface area contributed by atoms with Gasteiger partial charge in [-0.2, -0.15) is 0 Å². The highest BCUT2D eigenvalue weighted by Gasteiger charge is 2.26. The number of hydrogen-bond acceptors (Lipinski definition) is 4. The van der Waals surface area contributed by atoms with E-state index in [0.29, 0.717) is 0 Å². The molecule has 3 rings (SSSR count). The predicted molar refractivity (Wildman–Crippen MR) is 120 cm³/mol. The molecule has 1 aliphatic heterocycles. The first-order valence-corrected chi connectivity index (χ1v) is 10.8. The number of nitrogens with zero attached hydrogens (tertiary/aromatic N) is 4. The maximum atomic E-state index is 4.97. The van der Waals surface area contributed by atoms with Gasteiger partial charge in [0.25, 0.3) is 0 Å². The first kappa shape index (κ1) is 24.3. The Kier molecular flexibility index (Phi) is 9.77. The van der Waals surface area contributed by atoms with E-state index in [0.717, 1.165) is 22.8 Å². The molecule has 3 heterocycles. The first-order chi connectivity index (χ1) is 13.4. The number of hydrogen-bond donors (Lipinski definition) is 0. The smallest absolute Gasteiger partial charge is 0.0576 e. The van der Waals surface area contributed by atoms with Crippen LogP contribution in [0.3, 0.4) is 0 Å². The molecule has 4 nitrogen and oxygen atoms in total. The molecule has 1 aliphatic rings. The highest BCUT2D eigenvalue weighted by molar-refractivity contribution is 5.21. The fourth-order valence-corrected chi connectivity index (χ4v) is 3.37. The Hall–Kier alpha value is -1.78. The summed E-state index contributed by atoms with van der Waals surface area (Å²) >= 11 is 0. The zero-order chi connectivity index (χ0) is 21.4. The summed E-state index contributed by atoms with van der Waals surface area (Å²) in [4.78, 5) is 14.6. The summed E-state index contributed by atoms with van der Waals surface area (Å²) in [6.45, 7) is 16.9. The van der Waals surface area contributed by atoms with Crippen molar-refractivity contribution >= 4 is 0 Å². The molecule has 4 unspecified atom stereocenters. The van der Waals surface area contributed by atoms with Crippen LogP contribution in [0.15, 0.2) is 36.4 Å². The summed E-state index contributed by atoms with van der Waals surface area (Å²) in [5, 5.41) is 0. The second-order valence-corrected chi connectivity index (χ2v) is 7.01. The Morgan fingerprint density at radius 1 is 0.536 bits per heavy atom. The van der Waals surface area contributed by atoms with Gasteiger partial charge in [0, 0.05) is 24.2 Å². The zero-order valence-corrected chi connectivity index (χ0v) is 19.6. The second-order valence-electron chi connectivity index (χ2n) is 7.01. The summed E-state index contributed by atoms with van der Waals surface area (Å²) in [6.07, 6.45) is 0. The average Bonchev–Trinajstić information content (AvgIpc) is 2.78. The summed E-state index contributed by atoms with van der Waals surface area (Å²) in [5.41, 5.74) is 4.47. The van der Waals surface area contributed by atoms with Crippen molar-refractivity contribution in [3.05, 3.63) is 59.2 Å². The van der Waals surface area contributed by atoms with Crippen molar-refractivity contribution in [2.75, 3.05) is 14.1 Å². The van der Waals surface area contributed by atoms with Gasteiger partial charge in [0.05, 0.1) is 22.8 Å². The van der Waals surface area contributed by atoms with E-state index in [1.807, 2.05) is 27.7 Å². The molecule has 0 fully saturated rings. The fourth-order valence-electron chi connectivity index (χ4n) is 3.37.